The monoisotopic (exact) mass is 604 g/mol. The van der Waals surface area contributed by atoms with Crippen LogP contribution in [0.4, 0.5) is 20.3 Å². The number of aryl methyl sites for hydroxylation is 1. The van der Waals surface area contributed by atoms with Crippen LogP contribution in [0.3, 0.4) is 0 Å². The number of phenolic OH excluding ortho intramolecular Hbond substituents is 1. The number of nitrogens with zero attached hydrogens (tertiary/aromatic N) is 5. The molecule has 4 rings (SSSR count). The third kappa shape index (κ3) is 6.67. The van der Waals surface area contributed by atoms with Crippen molar-refractivity contribution in [2.45, 2.75) is 30.7 Å². The molecule has 0 bridgehead atoms. The van der Waals surface area contributed by atoms with Crippen LogP contribution in [0.25, 0.3) is 11.3 Å². The van der Waals surface area contributed by atoms with Gasteiger partial charge in [0.05, 0.1) is 28.9 Å². The summed E-state index contributed by atoms with van der Waals surface area (Å²) in [6.45, 7) is 6.30. The lowest BCUT2D eigenvalue weighted by molar-refractivity contribution is -0.130. The second kappa shape index (κ2) is 13.9. The first-order chi connectivity index (χ1) is 20.7. The lowest BCUT2D eigenvalue weighted by atomic mass is 10.0. The number of pyridine rings is 1. The lowest BCUT2D eigenvalue weighted by Gasteiger charge is -2.42. The van der Waals surface area contributed by atoms with E-state index in [9.17, 15) is 24.3 Å². The van der Waals surface area contributed by atoms with Gasteiger partial charge in [-0.25, -0.2) is 18.8 Å². The van der Waals surface area contributed by atoms with E-state index in [1.165, 1.54) is 30.0 Å². The van der Waals surface area contributed by atoms with Gasteiger partial charge in [-0.1, -0.05) is 24.8 Å². The molecule has 1 aromatic heterocycles. The Morgan fingerprint density at radius 2 is 2.05 bits per heavy atom. The van der Waals surface area contributed by atoms with Crippen LogP contribution >= 0.6 is 11.8 Å². The molecule has 9 nitrogen and oxygen atoms in total. The van der Waals surface area contributed by atoms with Crippen LogP contribution in [0.2, 0.25) is 0 Å². The average Bonchev–Trinajstić information content (AvgIpc) is 3.00. The number of rotatable bonds is 9. The number of benzene rings is 2. The number of halogens is 2. The van der Waals surface area contributed by atoms with Crippen molar-refractivity contribution in [1.29, 1.82) is 5.26 Å². The number of anilines is 1. The number of nitriles is 1. The van der Waals surface area contributed by atoms with Gasteiger partial charge in [-0.3, -0.25) is 9.59 Å². The molecular weight excluding hydrogens is 574 g/mol. The van der Waals surface area contributed by atoms with Crippen molar-refractivity contribution in [1.82, 2.24) is 14.8 Å². The largest absolute Gasteiger partial charge is 0.507 e. The quantitative estimate of drug-likeness (QED) is 0.110. The normalized spacial score (nSPS) is 15.1. The number of thioether (sulfide) groups is 1. The molecule has 222 valence electrons. The van der Waals surface area contributed by atoms with Crippen molar-refractivity contribution < 1.29 is 23.5 Å². The summed E-state index contributed by atoms with van der Waals surface area (Å²) in [5, 5.41) is 22.1. The fourth-order valence-corrected chi connectivity index (χ4v) is 5.64. The van der Waals surface area contributed by atoms with Gasteiger partial charge in [0.15, 0.2) is 5.82 Å². The van der Waals surface area contributed by atoms with Gasteiger partial charge in [0.1, 0.15) is 28.9 Å². The minimum Gasteiger partial charge on any atom is -0.507 e. The lowest BCUT2D eigenvalue weighted by Crippen LogP contribution is -2.56. The van der Waals surface area contributed by atoms with Crippen molar-refractivity contribution in [2.75, 3.05) is 31.2 Å². The zero-order valence-corrected chi connectivity index (χ0v) is 24.5. The molecule has 3 aromatic rings. The Morgan fingerprint density at radius 3 is 2.72 bits per heavy atom. The second-order valence-corrected chi connectivity index (χ2v) is 10.6. The van der Waals surface area contributed by atoms with Gasteiger partial charge >= 0.3 is 0 Å². The van der Waals surface area contributed by atoms with Crippen LogP contribution in [0, 0.1) is 29.9 Å². The summed E-state index contributed by atoms with van der Waals surface area (Å²) in [4.78, 5) is 38.0. The number of phenols is 1. The van der Waals surface area contributed by atoms with E-state index >= 15 is 4.39 Å². The SMILES string of the molecule is C=CC(=O)N1CCN(C(=Nc2c(C)cccc2SC)c2cc(F)c(-c3c(O)cccc3F)nc2NC=O)CC1CCC#N. The summed E-state index contributed by atoms with van der Waals surface area (Å²) in [6, 6.07) is 12.1. The highest BCUT2D eigenvalue weighted by atomic mass is 32.2. The molecule has 1 fully saturated rings. The van der Waals surface area contributed by atoms with Crippen LogP contribution in [0.1, 0.15) is 24.0 Å². The molecular formula is C31H30F2N6O3S. The third-order valence-electron chi connectivity index (χ3n) is 7.11. The number of aromatic nitrogens is 1. The number of para-hydroxylation sites is 1. The van der Waals surface area contributed by atoms with Gasteiger partial charge in [0.25, 0.3) is 0 Å². The zero-order valence-electron chi connectivity index (χ0n) is 23.7. The Morgan fingerprint density at radius 1 is 1.28 bits per heavy atom. The van der Waals surface area contributed by atoms with Gasteiger partial charge in [0, 0.05) is 31.0 Å². The summed E-state index contributed by atoms with van der Waals surface area (Å²) in [6.07, 6.45) is 4.09. The highest BCUT2D eigenvalue weighted by molar-refractivity contribution is 7.98. The molecule has 2 heterocycles. The van der Waals surface area contributed by atoms with E-state index in [-0.39, 0.29) is 48.7 Å². The number of aromatic hydroxyl groups is 1. The molecule has 0 spiro atoms. The number of hydrogen-bond donors (Lipinski definition) is 2. The Kier molecular flexibility index (Phi) is 10.1. The van der Waals surface area contributed by atoms with Crippen molar-refractivity contribution in [3.8, 4) is 23.1 Å². The number of carbonyl (C=O) groups excluding carboxylic acids is 2. The van der Waals surface area contributed by atoms with E-state index in [4.69, 9.17) is 4.99 Å². The zero-order chi connectivity index (χ0) is 31.1. The summed E-state index contributed by atoms with van der Waals surface area (Å²) >= 11 is 1.48. The second-order valence-electron chi connectivity index (χ2n) is 9.70. The molecule has 1 unspecified atom stereocenters. The van der Waals surface area contributed by atoms with Gasteiger partial charge < -0.3 is 20.2 Å². The summed E-state index contributed by atoms with van der Waals surface area (Å²) in [7, 11) is 0. The Hall–Kier alpha value is -4.76. The fourth-order valence-electron chi connectivity index (χ4n) is 5.03. The molecule has 1 atom stereocenters. The van der Waals surface area contributed by atoms with Crippen LogP contribution in [-0.4, -0.2) is 70.0 Å². The maximum absolute atomic E-state index is 15.8. The van der Waals surface area contributed by atoms with Crippen molar-refractivity contribution in [2.24, 2.45) is 4.99 Å². The van der Waals surface area contributed by atoms with Crippen LogP contribution in [0.5, 0.6) is 5.75 Å². The minimum absolute atomic E-state index is 0.106. The predicted octanol–water partition coefficient (Wildman–Crippen LogP) is 5.41. The molecule has 43 heavy (non-hydrogen) atoms. The van der Waals surface area contributed by atoms with Crippen molar-refractivity contribution >= 4 is 41.4 Å². The first-order valence-electron chi connectivity index (χ1n) is 13.4. The fraction of sp³-hybridized carbons (Fsp3) is 0.258. The van der Waals surface area contributed by atoms with Gasteiger partial charge in [-0.05, 0) is 55.5 Å². The standard InChI is InChI=1S/C31H30F2N6O3S/c1-4-26(42)39-15-14-38(17-20(39)9-7-13-34)31(37-28-19(2)8-5-12-25(28)43-3)21-16-23(33)29(36-30(21)35-18-40)27-22(32)10-6-11-24(27)41/h4-6,8,10-12,16,18,20,41H,1,7,9,14-15,17H2,2-3H3,(H,35,36,40). The molecule has 12 heteroatoms. The molecule has 1 aliphatic heterocycles. The van der Waals surface area contributed by atoms with Crippen molar-refractivity contribution in [3.05, 3.63) is 77.9 Å². The number of amides is 2. The maximum Gasteiger partial charge on any atom is 0.246 e. The minimum atomic E-state index is -0.948. The summed E-state index contributed by atoms with van der Waals surface area (Å²) in [5.41, 5.74) is 0.642. The first-order valence-corrected chi connectivity index (χ1v) is 14.6. The van der Waals surface area contributed by atoms with E-state index in [0.717, 1.165) is 22.6 Å². The van der Waals surface area contributed by atoms with E-state index in [0.29, 0.717) is 25.1 Å². The number of aliphatic imine (C=N–C) groups is 1. The van der Waals surface area contributed by atoms with E-state index in [1.54, 1.807) is 4.90 Å². The Bertz CT molecular complexity index is 1600. The van der Waals surface area contributed by atoms with Crippen LogP contribution in [0.15, 0.2) is 65.0 Å². The molecule has 2 amide bonds. The predicted molar refractivity (Wildman–Crippen MR) is 162 cm³/mol. The Balaban J connectivity index is 1.94. The van der Waals surface area contributed by atoms with Crippen LogP contribution < -0.4 is 5.32 Å². The van der Waals surface area contributed by atoms with Gasteiger partial charge in [0.2, 0.25) is 12.3 Å². The molecule has 2 N–H and O–H groups in total. The first kappa shape index (κ1) is 31.2. The molecule has 1 aliphatic rings. The van der Waals surface area contributed by atoms with E-state index in [2.05, 4.69) is 22.9 Å². The highest BCUT2D eigenvalue weighted by Gasteiger charge is 2.33. The summed E-state index contributed by atoms with van der Waals surface area (Å²) < 4.78 is 30.6. The summed E-state index contributed by atoms with van der Waals surface area (Å²) in [5.74, 6) is -2.47. The number of amidine groups is 1. The van der Waals surface area contributed by atoms with E-state index < -0.39 is 28.6 Å². The third-order valence-corrected chi connectivity index (χ3v) is 7.88. The maximum atomic E-state index is 15.8. The van der Waals surface area contributed by atoms with Gasteiger partial charge in [-0.15, -0.1) is 11.8 Å². The molecule has 2 aromatic carbocycles. The molecule has 0 saturated carbocycles. The van der Waals surface area contributed by atoms with Crippen LogP contribution in [-0.2, 0) is 9.59 Å². The number of nitrogens with one attached hydrogen (secondary N) is 1. The molecule has 0 aliphatic carbocycles. The number of piperazine rings is 1. The smallest absolute Gasteiger partial charge is 0.246 e. The van der Waals surface area contributed by atoms with Gasteiger partial charge in [-0.2, -0.15) is 5.26 Å². The number of hydrogen-bond acceptors (Lipinski definition) is 7. The Labute approximate surface area is 252 Å². The number of carbonyl (C=O) groups is 2. The average molecular weight is 605 g/mol. The highest BCUT2D eigenvalue weighted by Crippen LogP contribution is 2.36. The topological polar surface area (TPSA) is 122 Å². The molecule has 0 radical (unpaired) electrons. The van der Waals surface area contributed by atoms with Crippen molar-refractivity contribution in [3.63, 3.8) is 0 Å². The van der Waals surface area contributed by atoms with E-state index in [1.807, 2.05) is 36.3 Å². The molecule has 1 saturated heterocycles.